The van der Waals surface area contributed by atoms with Crippen molar-refractivity contribution in [3.63, 3.8) is 0 Å². The van der Waals surface area contributed by atoms with E-state index in [1.165, 1.54) is 18.2 Å². The smallest absolute Gasteiger partial charge is 0.323 e. The number of nitro groups is 1. The number of benzene rings is 1. The van der Waals surface area contributed by atoms with Crippen molar-refractivity contribution in [3.05, 3.63) is 39.9 Å². The van der Waals surface area contributed by atoms with Crippen LogP contribution in [0.2, 0.25) is 0 Å². The van der Waals surface area contributed by atoms with E-state index in [9.17, 15) is 25.0 Å². The predicted molar refractivity (Wildman–Crippen MR) is 101 cm³/mol. The molecule has 1 N–H and O–H groups in total. The number of nitrogens with one attached hydrogen (secondary N) is 1. The molecule has 2 aliphatic heterocycles. The van der Waals surface area contributed by atoms with Crippen LogP contribution < -0.4 is 5.32 Å². The van der Waals surface area contributed by atoms with E-state index in [1.807, 2.05) is 0 Å². The van der Waals surface area contributed by atoms with Crippen LogP contribution in [0.25, 0.3) is 0 Å². The molecule has 2 aliphatic rings. The summed E-state index contributed by atoms with van der Waals surface area (Å²) in [6.45, 7) is 1.68. The molecule has 1 amide bonds. The summed E-state index contributed by atoms with van der Waals surface area (Å²) >= 11 is 5.34. The number of fused-ring (bicyclic) bond motifs is 2. The van der Waals surface area contributed by atoms with Crippen LogP contribution >= 0.6 is 12.2 Å². The molecule has 2 bridgehead atoms. The van der Waals surface area contributed by atoms with Gasteiger partial charge in [-0.1, -0.05) is 30.4 Å². The molecule has 1 aromatic rings. The average Bonchev–Trinajstić information content (AvgIpc) is 2.65. The van der Waals surface area contributed by atoms with Crippen molar-refractivity contribution in [1.82, 2.24) is 10.2 Å². The van der Waals surface area contributed by atoms with Crippen molar-refractivity contribution in [2.45, 2.75) is 12.8 Å². The minimum atomic E-state index is -1.84. The zero-order chi connectivity index (χ0) is 20.7. The lowest BCUT2D eigenvalue weighted by atomic mass is 9.53. The van der Waals surface area contributed by atoms with Crippen LogP contribution in [-0.2, 0) is 14.3 Å². The average molecular weight is 402 g/mol. The first kappa shape index (κ1) is 19.9. The Morgan fingerprint density at radius 2 is 2.18 bits per heavy atom. The third kappa shape index (κ3) is 2.58. The van der Waals surface area contributed by atoms with Crippen molar-refractivity contribution in [2.75, 3.05) is 26.7 Å². The standard InChI is InChI=1S/C18H18N4O5S/c1-3-27-16(24)18-10-21(2)9-17(8-19,15(28)20-14(18)23)13(18)11-6-4-5-7-12(11)22(25)26/h4-7,13H,3,9-10H2,1-2H3,(H,20,23,28). The number of esters is 1. The Balaban J connectivity index is 2.39. The zero-order valence-electron chi connectivity index (χ0n) is 15.3. The van der Waals surface area contributed by atoms with Crippen molar-refractivity contribution in [2.24, 2.45) is 10.8 Å². The van der Waals surface area contributed by atoms with Crippen LogP contribution in [0.15, 0.2) is 24.3 Å². The normalized spacial score (nSPS) is 29.5. The first-order valence-corrected chi connectivity index (χ1v) is 9.01. The number of thiocarbonyl (C=S) groups is 1. The number of likely N-dealkylation sites (tertiary alicyclic amines) is 1. The fourth-order valence-corrected chi connectivity index (χ4v) is 4.68. The number of carbonyl (C=O) groups excluding carboxylic acids is 2. The highest BCUT2D eigenvalue weighted by Gasteiger charge is 2.70. The number of hydrogen-bond acceptors (Lipinski definition) is 8. The van der Waals surface area contributed by atoms with E-state index in [2.05, 4.69) is 11.4 Å². The van der Waals surface area contributed by atoms with Gasteiger partial charge < -0.3 is 15.0 Å². The number of ether oxygens (including phenoxy) is 1. The fraction of sp³-hybridized carbons (Fsp3) is 0.444. The van der Waals surface area contributed by atoms with Crippen LogP contribution in [0.5, 0.6) is 0 Å². The SMILES string of the molecule is CCOC(=O)C12CN(C)CC(C#N)(C(=S)NC1=O)C2c1ccccc1[N+](=O)[O-]. The van der Waals surface area contributed by atoms with Crippen molar-refractivity contribution >= 4 is 34.8 Å². The molecule has 2 saturated heterocycles. The number of hydrogen-bond donors (Lipinski definition) is 1. The maximum atomic E-state index is 13.1. The van der Waals surface area contributed by atoms with E-state index < -0.39 is 33.5 Å². The Morgan fingerprint density at radius 1 is 1.50 bits per heavy atom. The van der Waals surface area contributed by atoms with Gasteiger partial charge in [-0.15, -0.1) is 0 Å². The summed E-state index contributed by atoms with van der Waals surface area (Å²) in [7, 11) is 1.66. The van der Waals surface area contributed by atoms with E-state index in [4.69, 9.17) is 17.0 Å². The third-order valence-electron chi connectivity index (χ3n) is 5.35. The number of piperidine rings is 2. The van der Waals surface area contributed by atoms with Crippen LogP contribution in [0.4, 0.5) is 5.69 Å². The highest BCUT2D eigenvalue weighted by atomic mass is 32.1. The van der Waals surface area contributed by atoms with E-state index in [0.29, 0.717) is 0 Å². The Bertz CT molecular complexity index is 929. The van der Waals surface area contributed by atoms with Gasteiger partial charge in [0.25, 0.3) is 5.69 Å². The summed E-state index contributed by atoms with van der Waals surface area (Å²) in [6, 6.07) is 7.97. The number of para-hydroxylation sites is 1. The molecule has 146 valence electrons. The Kier molecular flexibility index (Phi) is 4.91. The first-order chi connectivity index (χ1) is 13.2. The van der Waals surface area contributed by atoms with E-state index in [0.717, 1.165) is 0 Å². The molecule has 0 aromatic heterocycles. The molecule has 0 spiro atoms. The molecule has 9 nitrogen and oxygen atoms in total. The summed E-state index contributed by atoms with van der Waals surface area (Å²) in [4.78, 5) is 38.9. The molecule has 10 heteroatoms. The first-order valence-electron chi connectivity index (χ1n) is 8.60. The van der Waals surface area contributed by atoms with Gasteiger partial charge in [-0.3, -0.25) is 19.7 Å². The highest BCUT2D eigenvalue weighted by molar-refractivity contribution is 7.80. The van der Waals surface area contributed by atoms with Crippen molar-refractivity contribution < 1.29 is 19.2 Å². The molecular formula is C18H18N4O5S. The predicted octanol–water partition coefficient (Wildman–Crippen LogP) is 1.14. The van der Waals surface area contributed by atoms with E-state index in [1.54, 1.807) is 24.9 Å². The fourth-order valence-electron chi connectivity index (χ4n) is 4.36. The van der Waals surface area contributed by atoms with Gasteiger partial charge in [0.1, 0.15) is 10.4 Å². The Hall–Kier alpha value is -2.90. The van der Waals surface area contributed by atoms with E-state index in [-0.39, 0.29) is 35.9 Å². The van der Waals surface area contributed by atoms with Gasteiger partial charge in [-0.25, -0.2) is 0 Å². The molecule has 1 aromatic carbocycles. The molecule has 0 saturated carbocycles. The minimum absolute atomic E-state index is 0.0190. The molecule has 2 heterocycles. The minimum Gasteiger partial charge on any atom is -0.465 e. The second-order valence-electron chi connectivity index (χ2n) is 6.98. The molecule has 2 fully saturated rings. The summed E-state index contributed by atoms with van der Waals surface area (Å²) in [6.07, 6.45) is 0. The number of rotatable bonds is 4. The van der Waals surface area contributed by atoms with Crippen LogP contribution in [0.3, 0.4) is 0 Å². The Labute approximate surface area is 166 Å². The van der Waals surface area contributed by atoms with Crippen molar-refractivity contribution in [1.29, 1.82) is 5.26 Å². The summed E-state index contributed by atoms with van der Waals surface area (Å²) in [5, 5.41) is 24.3. The van der Waals surface area contributed by atoms with E-state index >= 15 is 0 Å². The monoisotopic (exact) mass is 402 g/mol. The van der Waals surface area contributed by atoms with Gasteiger partial charge in [-0.05, 0) is 14.0 Å². The molecule has 0 radical (unpaired) electrons. The molecule has 0 aliphatic carbocycles. The quantitative estimate of drug-likeness (QED) is 0.261. The van der Waals surface area contributed by atoms with Crippen molar-refractivity contribution in [3.8, 4) is 6.07 Å². The summed E-state index contributed by atoms with van der Waals surface area (Å²) in [5.41, 5.74) is -3.50. The molecule has 28 heavy (non-hydrogen) atoms. The highest BCUT2D eigenvalue weighted by Crippen LogP contribution is 2.57. The molecule has 3 atom stereocenters. The lowest BCUT2D eigenvalue weighted by Gasteiger charge is -2.55. The number of nitrogens with zero attached hydrogens (tertiary/aromatic N) is 3. The van der Waals surface area contributed by atoms with Gasteiger partial charge >= 0.3 is 5.97 Å². The second-order valence-corrected chi connectivity index (χ2v) is 7.39. The van der Waals surface area contributed by atoms with Crippen LogP contribution in [-0.4, -0.2) is 53.4 Å². The number of nitro benzene ring substituents is 1. The zero-order valence-corrected chi connectivity index (χ0v) is 16.1. The lowest BCUT2D eigenvalue weighted by molar-refractivity contribution is -0.386. The van der Waals surface area contributed by atoms with Gasteiger partial charge in [-0.2, -0.15) is 5.26 Å². The molecular weight excluding hydrogens is 384 g/mol. The topological polar surface area (TPSA) is 126 Å². The largest absolute Gasteiger partial charge is 0.465 e. The van der Waals surface area contributed by atoms with Gasteiger partial charge in [0.05, 0.1) is 17.6 Å². The maximum Gasteiger partial charge on any atom is 0.323 e. The van der Waals surface area contributed by atoms with Crippen LogP contribution in [0.1, 0.15) is 18.4 Å². The van der Waals surface area contributed by atoms with Gasteiger partial charge in [0.2, 0.25) is 5.91 Å². The van der Waals surface area contributed by atoms with Gasteiger partial charge in [0.15, 0.2) is 5.41 Å². The Morgan fingerprint density at radius 3 is 2.79 bits per heavy atom. The number of nitriles is 1. The van der Waals surface area contributed by atoms with Gasteiger partial charge in [0, 0.05) is 30.6 Å². The summed E-state index contributed by atoms with van der Waals surface area (Å²) in [5.74, 6) is -2.69. The maximum absolute atomic E-state index is 13.1. The van der Waals surface area contributed by atoms with Crippen LogP contribution in [0, 0.1) is 32.3 Å². The number of amides is 1. The number of carbonyl (C=O) groups is 2. The second kappa shape index (κ2) is 6.92. The molecule has 3 unspecified atom stereocenters. The lowest BCUT2D eigenvalue weighted by Crippen LogP contribution is -2.73. The molecule has 3 rings (SSSR count). The third-order valence-corrected chi connectivity index (χ3v) is 5.81. The summed E-state index contributed by atoms with van der Waals surface area (Å²) < 4.78 is 5.20.